The first-order chi connectivity index (χ1) is 8.78. The largest absolute Gasteiger partial charge is 0.343 e. The van der Waals surface area contributed by atoms with Crippen molar-refractivity contribution in [1.82, 2.24) is 9.97 Å². The Balaban J connectivity index is 2.06. The Kier molecular flexibility index (Phi) is 3.22. The summed E-state index contributed by atoms with van der Waals surface area (Å²) in [6.45, 7) is 0. The molecule has 0 bridgehead atoms. The van der Waals surface area contributed by atoms with Gasteiger partial charge in [-0.2, -0.15) is 0 Å². The number of nitrogens with zero attached hydrogens (tertiary/aromatic N) is 1. The zero-order valence-electron chi connectivity index (χ0n) is 10.2. The van der Waals surface area contributed by atoms with Gasteiger partial charge in [-0.3, -0.25) is 0 Å². The van der Waals surface area contributed by atoms with Gasteiger partial charge in [-0.1, -0.05) is 24.4 Å². The molecule has 0 saturated carbocycles. The van der Waals surface area contributed by atoms with Crippen LogP contribution in [-0.4, -0.2) is 16.2 Å². The van der Waals surface area contributed by atoms with E-state index in [1.807, 2.05) is 0 Å². The summed E-state index contributed by atoms with van der Waals surface area (Å²) >= 11 is 7.12. The van der Waals surface area contributed by atoms with Crippen molar-refractivity contribution in [2.75, 3.05) is 6.26 Å². The van der Waals surface area contributed by atoms with E-state index in [2.05, 4.69) is 40.5 Å². The maximum absolute atomic E-state index is 5.38. The van der Waals surface area contributed by atoms with Gasteiger partial charge in [0.05, 0.1) is 0 Å². The minimum absolute atomic E-state index is 0.769. The first-order valence-electron chi connectivity index (χ1n) is 6.04. The number of rotatable bonds is 2. The molecule has 92 valence electrons. The molecule has 2 nitrogen and oxygen atoms in total. The number of hydrogen-bond donors (Lipinski definition) is 1. The van der Waals surface area contributed by atoms with E-state index < -0.39 is 0 Å². The van der Waals surface area contributed by atoms with Crippen molar-refractivity contribution in [3.05, 3.63) is 40.2 Å². The number of hydrogen-bond acceptors (Lipinski definition) is 3. The number of aromatic nitrogens is 2. The Morgan fingerprint density at radius 1 is 1.22 bits per heavy atom. The van der Waals surface area contributed by atoms with Crippen LogP contribution in [0.1, 0.15) is 17.7 Å². The Morgan fingerprint density at radius 3 is 2.72 bits per heavy atom. The van der Waals surface area contributed by atoms with Crippen molar-refractivity contribution < 1.29 is 0 Å². The minimum Gasteiger partial charge on any atom is -0.343 e. The number of H-pyrrole nitrogens is 1. The fraction of sp³-hybridized carbons (Fsp3) is 0.286. The summed E-state index contributed by atoms with van der Waals surface area (Å²) in [6, 6.07) is 8.43. The number of aromatic amines is 1. The highest BCUT2D eigenvalue weighted by Gasteiger charge is 2.15. The third kappa shape index (κ3) is 2.10. The van der Waals surface area contributed by atoms with E-state index in [0.717, 1.165) is 28.9 Å². The molecule has 2 aromatic rings. The molecular formula is C14H14N2S2. The first kappa shape index (κ1) is 11.9. The molecule has 0 atom stereocenters. The summed E-state index contributed by atoms with van der Waals surface area (Å²) < 4.78 is 0.769. The van der Waals surface area contributed by atoms with Crippen LogP contribution in [0.15, 0.2) is 29.2 Å². The van der Waals surface area contributed by atoms with Crippen LogP contribution in [0.3, 0.4) is 0 Å². The third-order valence-electron chi connectivity index (χ3n) is 3.32. The number of aryl methyl sites for hydroxylation is 1. The molecule has 1 heterocycles. The van der Waals surface area contributed by atoms with Gasteiger partial charge >= 0.3 is 0 Å². The predicted molar refractivity (Wildman–Crippen MR) is 78.7 cm³/mol. The van der Waals surface area contributed by atoms with Gasteiger partial charge in [-0.15, -0.1) is 11.8 Å². The number of thioether (sulfide) groups is 1. The lowest BCUT2D eigenvalue weighted by molar-refractivity contribution is 0.899. The molecule has 3 rings (SSSR count). The molecule has 4 heteroatoms. The topological polar surface area (TPSA) is 28.7 Å². The maximum Gasteiger partial charge on any atom is 0.139 e. The molecule has 1 aliphatic carbocycles. The van der Waals surface area contributed by atoms with E-state index in [-0.39, 0.29) is 0 Å². The van der Waals surface area contributed by atoms with Crippen molar-refractivity contribution in [2.45, 2.75) is 24.2 Å². The molecule has 1 aromatic carbocycles. The first-order valence-corrected chi connectivity index (χ1v) is 7.68. The van der Waals surface area contributed by atoms with E-state index in [9.17, 15) is 0 Å². The van der Waals surface area contributed by atoms with E-state index in [0.29, 0.717) is 0 Å². The highest BCUT2D eigenvalue weighted by Crippen LogP contribution is 2.25. The van der Waals surface area contributed by atoms with Crippen LogP contribution in [0.2, 0.25) is 0 Å². The van der Waals surface area contributed by atoms with Gasteiger partial charge in [0, 0.05) is 21.7 Å². The molecule has 0 radical (unpaired) electrons. The van der Waals surface area contributed by atoms with Crippen molar-refractivity contribution in [2.24, 2.45) is 0 Å². The molecule has 18 heavy (non-hydrogen) atoms. The van der Waals surface area contributed by atoms with E-state index in [1.165, 1.54) is 22.6 Å². The molecule has 1 aliphatic rings. The van der Waals surface area contributed by atoms with Gasteiger partial charge in [-0.05, 0) is 37.7 Å². The fourth-order valence-corrected chi connectivity index (χ4v) is 3.07. The SMILES string of the molecule is CSc1ccc(-c2nc(=S)c3c([nH]2)CCC3)cc1. The van der Waals surface area contributed by atoms with Crippen LogP contribution in [0, 0.1) is 4.64 Å². The number of benzene rings is 1. The lowest BCUT2D eigenvalue weighted by Crippen LogP contribution is -1.97. The van der Waals surface area contributed by atoms with Crippen molar-refractivity contribution in [3.63, 3.8) is 0 Å². The van der Waals surface area contributed by atoms with Crippen molar-refractivity contribution in [3.8, 4) is 11.4 Å². The van der Waals surface area contributed by atoms with Gasteiger partial charge in [-0.25, -0.2) is 4.98 Å². The van der Waals surface area contributed by atoms with Crippen LogP contribution in [0.25, 0.3) is 11.4 Å². The van der Waals surface area contributed by atoms with E-state index in [1.54, 1.807) is 11.8 Å². The van der Waals surface area contributed by atoms with Gasteiger partial charge in [0.2, 0.25) is 0 Å². The normalized spacial score (nSPS) is 13.6. The minimum atomic E-state index is 0.769. The predicted octanol–water partition coefficient (Wildman–Crippen LogP) is 4.02. The average Bonchev–Trinajstić information content (AvgIpc) is 2.88. The Bertz CT molecular complexity index is 629. The molecule has 1 N–H and O–H groups in total. The Hall–Kier alpha value is -1.13. The summed E-state index contributed by atoms with van der Waals surface area (Å²) in [5.41, 5.74) is 3.63. The van der Waals surface area contributed by atoms with Crippen LogP contribution in [0.4, 0.5) is 0 Å². The summed E-state index contributed by atoms with van der Waals surface area (Å²) in [5, 5.41) is 0. The smallest absolute Gasteiger partial charge is 0.139 e. The lowest BCUT2D eigenvalue weighted by Gasteiger charge is -2.06. The molecule has 0 fully saturated rings. The van der Waals surface area contributed by atoms with Crippen molar-refractivity contribution >= 4 is 24.0 Å². The molecular weight excluding hydrogens is 260 g/mol. The Morgan fingerprint density at radius 2 is 2.00 bits per heavy atom. The van der Waals surface area contributed by atoms with E-state index in [4.69, 9.17) is 12.2 Å². The number of fused-ring (bicyclic) bond motifs is 1. The second-order valence-corrected chi connectivity index (χ2v) is 5.70. The van der Waals surface area contributed by atoms with Crippen molar-refractivity contribution in [1.29, 1.82) is 0 Å². The summed E-state index contributed by atoms with van der Waals surface area (Å²) in [5.74, 6) is 0.897. The fourth-order valence-electron chi connectivity index (χ4n) is 2.34. The van der Waals surface area contributed by atoms with Crippen LogP contribution < -0.4 is 0 Å². The zero-order chi connectivity index (χ0) is 12.5. The molecule has 0 saturated heterocycles. The number of nitrogens with one attached hydrogen (secondary N) is 1. The Labute approximate surface area is 116 Å². The molecule has 1 aromatic heterocycles. The quantitative estimate of drug-likeness (QED) is 0.662. The van der Waals surface area contributed by atoms with Crippen LogP contribution in [0.5, 0.6) is 0 Å². The summed E-state index contributed by atoms with van der Waals surface area (Å²) in [4.78, 5) is 9.22. The zero-order valence-corrected chi connectivity index (χ0v) is 11.8. The van der Waals surface area contributed by atoms with Gasteiger partial charge in [0.25, 0.3) is 0 Å². The summed E-state index contributed by atoms with van der Waals surface area (Å²) in [6.07, 6.45) is 5.43. The molecule has 0 spiro atoms. The second-order valence-electron chi connectivity index (χ2n) is 4.43. The molecule has 0 unspecified atom stereocenters. The second kappa shape index (κ2) is 4.86. The van der Waals surface area contributed by atoms with Gasteiger partial charge in [0.15, 0.2) is 0 Å². The monoisotopic (exact) mass is 274 g/mol. The average molecular weight is 274 g/mol. The van der Waals surface area contributed by atoms with E-state index >= 15 is 0 Å². The maximum atomic E-state index is 5.38. The van der Waals surface area contributed by atoms with Crippen LogP contribution in [-0.2, 0) is 12.8 Å². The summed E-state index contributed by atoms with van der Waals surface area (Å²) in [7, 11) is 0. The van der Waals surface area contributed by atoms with Gasteiger partial charge < -0.3 is 4.98 Å². The standard InChI is InChI=1S/C14H14N2S2/c1-18-10-7-5-9(6-8-10)13-15-12-4-2-3-11(12)14(17)16-13/h5-8H,2-4H2,1H3,(H,15,16,17). The third-order valence-corrected chi connectivity index (χ3v) is 4.40. The lowest BCUT2D eigenvalue weighted by atomic mass is 10.2. The molecule has 0 amide bonds. The highest BCUT2D eigenvalue weighted by molar-refractivity contribution is 7.98. The highest BCUT2D eigenvalue weighted by atomic mass is 32.2. The van der Waals surface area contributed by atoms with Gasteiger partial charge in [0.1, 0.15) is 10.5 Å². The molecule has 0 aliphatic heterocycles. The van der Waals surface area contributed by atoms with Crippen LogP contribution >= 0.6 is 24.0 Å².